The van der Waals surface area contributed by atoms with Crippen molar-refractivity contribution in [3.63, 3.8) is 0 Å². The van der Waals surface area contributed by atoms with E-state index in [1.165, 1.54) is 24.3 Å². The van der Waals surface area contributed by atoms with Crippen LogP contribution in [0.5, 0.6) is 0 Å². The maximum absolute atomic E-state index is 11.8. The Kier molecular flexibility index (Phi) is 5.03. The molecule has 0 amide bonds. The zero-order chi connectivity index (χ0) is 19.6. The first-order chi connectivity index (χ1) is 12.2. The Labute approximate surface area is 145 Å². The molecule has 0 aromatic heterocycles. The van der Waals surface area contributed by atoms with Crippen molar-refractivity contribution < 1.29 is 44.7 Å². The number of carboxylic acids is 4. The molecule has 0 radical (unpaired) electrons. The molecule has 2 aromatic rings. The molecule has 0 fully saturated rings. The third-order valence-corrected chi connectivity index (χ3v) is 3.68. The second-order valence-corrected chi connectivity index (χ2v) is 5.10. The van der Waals surface area contributed by atoms with E-state index in [1.807, 2.05) is 0 Å². The molecule has 9 nitrogen and oxygen atoms in total. The normalized spacial score (nSPS) is 10.3. The summed E-state index contributed by atoms with van der Waals surface area (Å²) in [6, 6.07) is 7.35. The first kappa shape index (κ1) is 18.6. The molecule has 0 aliphatic heterocycles. The second-order valence-electron chi connectivity index (χ2n) is 5.10. The number of carbonyl (C=O) groups is 4. The molecule has 0 aliphatic carbocycles. The lowest BCUT2D eigenvalue weighted by Crippen LogP contribution is -2.23. The van der Waals surface area contributed by atoms with Gasteiger partial charge in [0.25, 0.3) is 0 Å². The monoisotopic (exact) mass is 360 g/mol. The van der Waals surface area contributed by atoms with Gasteiger partial charge in [-0.15, -0.1) is 0 Å². The predicted octanol–water partition coefficient (Wildman–Crippen LogP) is 1.64. The first-order valence-electron chi connectivity index (χ1n) is 7.04. The predicted molar refractivity (Wildman–Crippen MR) is 85.6 cm³/mol. The molecule has 2 rings (SSSR count). The summed E-state index contributed by atoms with van der Waals surface area (Å²) < 4.78 is 0. The minimum absolute atomic E-state index is 0.121. The molecular formula is C17H12O9. The highest BCUT2D eigenvalue weighted by Gasteiger charge is 2.36. The molecule has 0 heterocycles. The Balaban J connectivity index is 3.24. The zero-order valence-corrected chi connectivity index (χ0v) is 13.0. The third-order valence-electron chi connectivity index (χ3n) is 3.68. The van der Waals surface area contributed by atoms with Gasteiger partial charge in [0, 0.05) is 11.1 Å². The fourth-order valence-electron chi connectivity index (χ4n) is 2.76. The number of carboxylic acid groups (broad SMARTS) is 4. The van der Waals surface area contributed by atoms with Gasteiger partial charge in [-0.25, -0.2) is 19.2 Å². The van der Waals surface area contributed by atoms with Gasteiger partial charge in [0.05, 0.1) is 28.9 Å². The number of rotatable bonds is 6. The molecule has 0 unspecified atom stereocenters. The minimum atomic E-state index is -1.93. The molecule has 134 valence electrons. The van der Waals surface area contributed by atoms with Crippen LogP contribution in [0.1, 0.15) is 47.0 Å². The van der Waals surface area contributed by atoms with Crippen LogP contribution in [-0.4, -0.2) is 49.4 Å². The highest BCUT2D eigenvalue weighted by Crippen LogP contribution is 2.36. The Bertz CT molecular complexity index is 929. The van der Waals surface area contributed by atoms with Crippen LogP contribution in [0.15, 0.2) is 30.3 Å². The standard InChI is InChI=1S/C17H12O9/c18-6-8-9(7-4-2-1-3-5-7)11(15(21)22)13(17(25)26)12(16(23)24)10(8)14(19)20/h1-5,18H,6H2,(H,19,20)(H,21,22)(H,23,24)(H,25,26). The summed E-state index contributed by atoms with van der Waals surface area (Å²) >= 11 is 0. The summed E-state index contributed by atoms with van der Waals surface area (Å²) in [5.74, 6) is -7.42. The summed E-state index contributed by atoms with van der Waals surface area (Å²) in [5.41, 5.74) is -4.99. The maximum Gasteiger partial charge on any atom is 0.337 e. The van der Waals surface area contributed by atoms with Crippen LogP contribution in [0.25, 0.3) is 11.1 Å². The number of benzene rings is 2. The SMILES string of the molecule is O=C(O)c1c(CO)c(-c2ccccc2)c(C(=O)O)c(C(=O)O)c1C(=O)O. The molecule has 9 heteroatoms. The van der Waals surface area contributed by atoms with E-state index in [1.54, 1.807) is 6.07 Å². The number of hydrogen-bond donors (Lipinski definition) is 5. The van der Waals surface area contributed by atoms with Gasteiger partial charge >= 0.3 is 23.9 Å². The van der Waals surface area contributed by atoms with E-state index in [0.717, 1.165) is 0 Å². The van der Waals surface area contributed by atoms with Crippen molar-refractivity contribution in [2.24, 2.45) is 0 Å². The number of hydrogen-bond acceptors (Lipinski definition) is 5. The average Bonchev–Trinajstić information content (AvgIpc) is 2.59. The Morgan fingerprint density at radius 2 is 1.08 bits per heavy atom. The quantitative estimate of drug-likeness (QED) is 0.514. The smallest absolute Gasteiger partial charge is 0.337 e. The first-order valence-corrected chi connectivity index (χ1v) is 7.04. The van der Waals surface area contributed by atoms with Crippen molar-refractivity contribution in [2.75, 3.05) is 0 Å². The van der Waals surface area contributed by atoms with E-state index < -0.39 is 58.3 Å². The number of aliphatic hydroxyl groups is 1. The van der Waals surface area contributed by atoms with Gasteiger partial charge in [-0.3, -0.25) is 0 Å². The molecule has 0 atom stereocenters. The van der Waals surface area contributed by atoms with Crippen LogP contribution in [0.2, 0.25) is 0 Å². The van der Waals surface area contributed by atoms with E-state index in [-0.39, 0.29) is 11.1 Å². The molecule has 5 N–H and O–H groups in total. The van der Waals surface area contributed by atoms with E-state index in [4.69, 9.17) is 0 Å². The van der Waals surface area contributed by atoms with Crippen molar-refractivity contribution in [1.82, 2.24) is 0 Å². The Morgan fingerprint density at radius 3 is 1.46 bits per heavy atom. The molecule has 0 saturated carbocycles. The van der Waals surface area contributed by atoms with E-state index in [9.17, 15) is 44.7 Å². The molecule has 2 aromatic carbocycles. The summed E-state index contributed by atoms with van der Waals surface area (Å²) in [5, 5.41) is 47.3. The van der Waals surface area contributed by atoms with Gasteiger partial charge < -0.3 is 25.5 Å². The maximum atomic E-state index is 11.8. The van der Waals surface area contributed by atoms with E-state index in [0.29, 0.717) is 0 Å². The van der Waals surface area contributed by atoms with Crippen molar-refractivity contribution >= 4 is 23.9 Å². The molecular weight excluding hydrogens is 348 g/mol. The van der Waals surface area contributed by atoms with Crippen LogP contribution in [0.3, 0.4) is 0 Å². The minimum Gasteiger partial charge on any atom is -0.478 e. The lowest BCUT2D eigenvalue weighted by molar-refractivity contribution is 0.0618. The third kappa shape index (κ3) is 2.98. The van der Waals surface area contributed by atoms with Gasteiger partial charge in [0.15, 0.2) is 0 Å². The summed E-state index contributed by atoms with van der Waals surface area (Å²) in [6.07, 6.45) is 0. The summed E-state index contributed by atoms with van der Waals surface area (Å²) in [6.45, 7) is -1.01. The van der Waals surface area contributed by atoms with Crippen LogP contribution >= 0.6 is 0 Å². The second kappa shape index (κ2) is 7.03. The van der Waals surface area contributed by atoms with E-state index >= 15 is 0 Å². The number of aliphatic hydroxyl groups excluding tert-OH is 1. The average molecular weight is 360 g/mol. The van der Waals surface area contributed by atoms with Gasteiger partial charge in [0.2, 0.25) is 0 Å². The van der Waals surface area contributed by atoms with Crippen LogP contribution in [0.4, 0.5) is 0 Å². The summed E-state index contributed by atoms with van der Waals surface area (Å²) in [7, 11) is 0. The van der Waals surface area contributed by atoms with Gasteiger partial charge in [-0.05, 0) is 5.56 Å². The fraction of sp³-hybridized carbons (Fsp3) is 0.0588. The summed E-state index contributed by atoms with van der Waals surface area (Å²) in [4.78, 5) is 46.6. The van der Waals surface area contributed by atoms with Crippen molar-refractivity contribution in [3.05, 3.63) is 58.1 Å². The van der Waals surface area contributed by atoms with Crippen molar-refractivity contribution in [3.8, 4) is 11.1 Å². The van der Waals surface area contributed by atoms with Crippen molar-refractivity contribution in [1.29, 1.82) is 0 Å². The zero-order valence-electron chi connectivity index (χ0n) is 13.0. The molecule has 26 heavy (non-hydrogen) atoms. The topological polar surface area (TPSA) is 169 Å². The van der Waals surface area contributed by atoms with Gasteiger partial charge in [-0.1, -0.05) is 30.3 Å². The van der Waals surface area contributed by atoms with Crippen LogP contribution < -0.4 is 0 Å². The lowest BCUT2D eigenvalue weighted by atomic mass is 9.83. The highest BCUT2D eigenvalue weighted by molar-refractivity contribution is 6.17. The lowest BCUT2D eigenvalue weighted by Gasteiger charge is -2.19. The molecule has 0 spiro atoms. The molecule has 0 saturated heterocycles. The Morgan fingerprint density at radius 1 is 0.654 bits per heavy atom. The number of aromatic carboxylic acids is 4. The Hall–Kier alpha value is -3.72. The molecule has 0 bridgehead atoms. The van der Waals surface area contributed by atoms with Crippen LogP contribution in [0, 0.1) is 0 Å². The highest BCUT2D eigenvalue weighted by atomic mass is 16.4. The van der Waals surface area contributed by atoms with Crippen LogP contribution in [-0.2, 0) is 6.61 Å². The van der Waals surface area contributed by atoms with Gasteiger partial charge in [0.1, 0.15) is 0 Å². The fourth-order valence-corrected chi connectivity index (χ4v) is 2.76. The largest absolute Gasteiger partial charge is 0.478 e. The van der Waals surface area contributed by atoms with Gasteiger partial charge in [-0.2, -0.15) is 0 Å². The molecule has 0 aliphatic rings. The van der Waals surface area contributed by atoms with E-state index in [2.05, 4.69) is 0 Å². The van der Waals surface area contributed by atoms with Crippen molar-refractivity contribution in [2.45, 2.75) is 6.61 Å².